The van der Waals surface area contributed by atoms with Crippen LogP contribution in [0, 0.1) is 0 Å². The Morgan fingerprint density at radius 2 is 1.94 bits per heavy atom. The largest absolute Gasteiger partial charge is 0.364 e. The number of hydrogen-bond acceptors (Lipinski definition) is 7. The smallest absolute Gasteiger partial charge is 0.228 e. The lowest BCUT2D eigenvalue weighted by atomic mass is 10.2. The zero-order chi connectivity index (χ0) is 21.5. The first-order valence-electron chi connectivity index (χ1n) is 10.4. The summed E-state index contributed by atoms with van der Waals surface area (Å²) in [5.41, 5.74) is 1.84. The third kappa shape index (κ3) is 5.83. The molecule has 1 aromatic carbocycles. The number of nitrogens with zero attached hydrogens (tertiary/aromatic N) is 6. The third-order valence-electron chi connectivity index (χ3n) is 5.04. The third-order valence-corrected chi connectivity index (χ3v) is 5.29. The van der Waals surface area contributed by atoms with E-state index in [0.29, 0.717) is 29.7 Å². The van der Waals surface area contributed by atoms with Crippen LogP contribution in [0.3, 0.4) is 0 Å². The Bertz CT molecular complexity index is 964. The van der Waals surface area contributed by atoms with E-state index in [0.717, 1.165) is 56.5 Å². The van der Waals surface area contributed by atoms with E-state index < -0.39 is 0 Å². The van der Waals surface area contributed by atoms with Gasteiger partial charge in [0.25, 0.3) is 0 Å². The van der Waals surface area contributed by atoms with Crippen molar-refractivity contribution in [2.24, 2.45) is 4.99 Å². The number of hydrogen-bond donors (Lipinski definition) is 1. The highest BCUT2D eigenvalue weighted by Crippen LogP contribution is 2.18. The molecule has 9 nitrogen and oxygen atoms in total. The molecule has 1 N–H and O–H groups in total. The summed E-state index contributed by atoms with van der Waals surface area (Å²) in [6, 6.07) is 9.28. The summed E-state index contributed by atoms with van der Waals surface area (Å²) >= 11 is 5.93. The lowest BCUT2D eigenvalue weighted by molar-refractivity contribution is 0.169. The summed E-state index contributed by atoms with van der Waals surface area (Å²) in [6.07, 6.45) is 2.20. The maximum absolute atomic E-state index is 5.93. The van der Waals surface area contributed by atoms with Gasteiger partial charge in [-0.1, -0.05) is 21.9 Å². The quantitative estimate of drug-likeness (QED) is 0.440. The second-order valence-corrected chi connectivity index (χ2v) is 7.69. The fourth-order valence-corrected chi connectivity index (χ4v) is 3.55. The first-order chi connectivity index (χ1) is 15.2. The van der Waals surface area contributed by atoms with Crippen LogP contribution < -0.4 is 5.32 Å². The molecule has 0 atom stereocenters. The highest BCUT2D eigenvalue weighted by molar-refractivity contribution is 6.30. The van der Waals surface area contributed by atoms with E-state index in [2.05, 4.69) is 37.3 Å². The summed E-state index contributed by atoms with van der Waals surface area (Å²) in [4.78, 5) is 13.9. The predicted octanol–water partition coefficient (Wildman–Crippen LogP) is 2.70. The van der Waals surface area contributed by atoms with Gasteiger partial charge < -0.3 is 19.3 Å². The molecule has 0 spiro atoms. The molecule has 0 unspecified atom stereocenters. The van der Waals surface area contributed by atoms with Crippen molar-refractivity contribution in [2.75, 3.05) is 39.3 Å². The number of piperazine rings is 1. The van der Waals surface area contributed by atoms with Crippen molar-refractivity contribution in [1.82, 2.24) is 30.4 Å². The van der Waals surface area contributed by atoms with E-state index in [9.17, 15) is 0 Å². The summed E-state index contributed by atoms with van der Waals surface area (Å²) in [5.74, 6) is 2.05. The molecule has 31 heavy (non-hydrogen) atoms. The summed E-state index contributed by atoms with van der Waals surface area (Å²) in [5, 5.41) is 12.1. The molecule has 3 aromatic rings. The van der Waals surface area contributed by atoms with E-state index in [1.165, 1.54) is 0 Å². The van der Waals surface area contributed by atoms with Gasteiger partial charge in [-0.2, -0.15) is 4.98 Å². The molecule has 164 valence electrons. The van der Waals surface area contributed by atoms with Gasteiger partial charge in [0.05, 0.1) is 12.2 Å². The molecule has 0 aliphatic carbocycles. The van der Waals surface area contributed by atoms with Crippen LogP contribution in [0.25, 0.3) is 11.4 Å². The normalized spacial score (nSPS) is 15.4. The van der Waals surface area contributed by atoms with Crippen LogP contribution in [0.5, 0.6) is 0 Å². The molecular formula is C21H26ClN7O2. The maximum Gasteiger partial charge on any atom is 0.228 e. The minimum absolute atomic E-state index is 0.561. The molecular weight excluding hydrogens is 418 g/mol. The molecule has 2 aromatic heterocycles. The number of rotatable bonds is 7. The van der Waals surface area contributed by atoms with Gasteiger partial charge in [0.15, 0.2) is 5.96 Å². The van der Waals surface area contributed by atoms with Crippen LogP contribution in [0.15, 0.2) is 50.6 Å². The van der Waals surface area contributed by atoms with Crippen molar-refractivity contribution in [3.8, 4) is 11.4 Å². The average Bonchev–Trinajstić information content (AvgIpc) is 3.47. The Morgan fingerprint density at radius 1 is 1.13 bits per heavy atom. The van der Waals surface area contributed by atoms with E-state index in [4.69, 9.17) is 25.6 Å². The molecule has 1 saturated heterocycles. The van der Waals surface area contributed by atoms with Gasteiger partial charge in [-0.3, -0.25) is 9.89 Å². The molecule has 0 saturated carbocycles. The average molecular weight is 444 g/mol. The van der Waals surface area contributed by atoms with Crippen LogP contribution in [0.2, 0.25) is 5.02 Å². The van der Waals surface area contributed by atoms with E-state index in [1.807, 2.05) is 30.3 Å². The summed E-state index contributed by atoms with van der Waals surface area (Å²) in [7, 11) is 0. The molecule has 10 heteroatoms. The van der Waals surface area contributed by atoms with Crippen molar-refractivity contribution >= 4 is 17.6 Å². The lowest BCUT2D eigenvalue weighted by Crippen LogP contribution is -2.52. The van der Waals surface area contributed by atoms with Crippen LogP contribution in [0.4, 0.5) is 0 Å². The minimum Gasteiger partial charge on any atom is -0.364 e. The van der Waals surface area contributed by atoms with Crippen molar-refractivity contribution in [2.45, 2.75) is 19.9 Å². The maximum atomic E-state index is 5.93. The second-order valence-electron chi connectivity index (χ2n) is 7.26. The number of guanidine groups is 1. The van der Waals surface area contributed by atoms with Gasteiger partial charge in [0.1, 0.15) is 6.26 Å². The van der Waals surface area contributed by atoms with Gasteiger partial charge in [-0.15, -0.1) is 0 Å². The SMILES string of the molecule is CCNC(=NCCc1nc(-c2ccc(Cl)cc2)no1)N1CCN(Cc2ccon2)CC1. The van der Waals surface area contributed by atoms with Crippen molar-refractivity contribution < 1.29 is 9.05 Å². The highest BCUT2D eigenvalue weighted by Gasteiger charge is 2.20. The van der Waals surface area contributed by atoms with Gasteiger partial charge in [-0.05, 0) is 31.2 Å². The number of aromatic nitrogens is 3. The molecule has 0 bridgehead atoms. The summed E-state index contributed by atoms with van der Waals surface area (Å²) in [6.45, 7) is 7.99. The van der Waals surface area contributed by atoms with Gasteiger partial charge >= 0.3 is 0 Å². The Labute approximate surface area is 186 Å². The molecule has 1 fully saturated rings. The summed E-state index contributed by atoms with van der Waals surface area (Å²) < 4.78 is 10.3. The predicted molar refractivity (Wildman–Crippen MR) is 118 cm³/mol. The van der Waals surface area contributed by atoms with E-state index in [1.54, 1.807) is 6.26 Å². The van der Waals surface area contributed by atoms with Crippen LogP contribution in [-0.4, -0.2) is 70.3 Å². The number of nitrogens with one attached hydrogen (secondary N) is 1. The van der Waals surface area contributed by atoms with Crippen molar-refractivity contribution in [3.05, 3.63) is 53.2 Å². The zero-order valence-corrected chi connectivity index (χ0v) is 18.3. The van der Waals surface area contributed by atoms with Gasteiger partial charge in [-0.25, -0.2) is 0 Å². The molecule has 4 rings (SSSR count). The second kappa shape index (κ2) is 10.4. The Balaban J connectivity index is 1.30. The Kier molecular flexibility index (Phi) is 7.16. The molecule has 0 radical (unpaired) electrons. The van der Waals surface area contributed by atoms with Crippen LogP contribution >= 0.6 is 11.6 Å². The van der Waals surface area contributed by atoms with Gasteiger partial charge in [0.2, 0.25) is 11.7 Å². The Hall–Kier alpha value is -2.91. The fourth-order valence-electron chi connectivity index (χ4n) is 3.42. The number of aliphatic imine (C=N–C) groups is 1. The van der Waals surface area contributed by atoms with Crippen LogP contribution in [0.1, 0.15) is 18.5 Å². The lowest BCUT2D eigenvalue weighted by Gasteiger charge is -2.36. The van der Waals surface area contributed by atoms with Gasteiger partial charge in [0, 0.05) is 62.3 Å². The standard InChI is InChI=1S/C21H26ClN7O2/c1-2-23-21(29-12-10-28(11-13-29)15-18-8-14-30-26-18)24-9-7-19-25-20(27-31-19)16-3-5-17(22)6-4-16/h3-6,8,14H,2,7,9-13,15H2,1H3,(H,23,24). The highest BCUT2D eigenvalue weighted by atomic mass is 35.5. The van der Waals surface area contributed by atoms with E-state index in [-0.39, 0.29) is 0 Å². The zero-order valence-electron chi connectivity index (χ0n) is 17.5. The van der Waals surface area contributed by atoms with Crippen molar-refractivity contribution in [1.29, 1.82) is 0 Å². The topological polar surface area (TPSA) is 95.8 Å². The van der Waals surface area contributed by atoms with E-state index >= 15 is 0 Å². The Morgan fingerprint density at radius 3 is 2.65 bits per heavy atom. The minimum atomic E-state index is 0.561. The first kappa shape index (κ1) is 21.3. The van der Waals surface area contributed by atoms with Crippen molar-refractivity contribution in [3.63, 3.8) is 0 Å². The first-order valence-corrected chi connectivity index (χ1v) is 10.8. The number of halogens is 1. The molecule has 1 aliphatic rings. The van der Waals surface area contributed by atoms with Crippen LogP contribution in [-0.2, 0) is 13.0 Å². The monoisotopic (exact) mass is 443 g/mol. The molecule has 3 heterocycles. The number of benzene rings is 1. The fraction of sp³-hybridized carbons (Fsp3) is 0.429. The molecule has 1 aliphatic heterocycles. The molecule has 0 amide bonds.